The number of rotatable bonds is 0. The minimum atomic E-state index is 0.519. The van der Waals surface area contributed by atoms with Gasteiger partial charge in [0.15, 0.2) is 0 Å². The first kappa shape index (κ1) is 10.0. The van der Waals surface area contributed by atoms with Crippen molar-refractivity contribution in [2.45, 2.75) is 40.0 Å². The predicted octanol–water partition coefficient (Wildman–Crippen LogP) is 2.76. The van der Waals surface area contributed by atoms with Gasteiger partial charge in [-0.1, -0.05) is 20.8 Å². The summed E-state index contributed by atoms with van der Waals surface area (Å²) in [6.45, 7) is 9.73. The van der Waals surface area contributed by atoms with Crippen LogP contribution < -0.4 is 0 Å². The van der Waals surface area contributed by atoms with Gasteiger partial charge in [0.25, 0.3) is 0 Å². The van der Waals surface area contributed by atoms with Crippen molar-refractivity contribution in [1.82, 2.24) is 4.90 Å². The molecule has 0 aromatic carbocycles. The molecule has 0 radical (unpaired) electrons. The van der Waals surface area contributed by atoms with E-state index in [2.05, 4.69) is 32.7 Å². The molecule has 1 heteroatoms. The first-order chi connectivity index (χ1) is 5.50. The molecule has 1 rings (SSSR count). The zero-order valence-electron chi connectivity index (χ0n) is 9.06. The second-order valence-electron chi connectivity index (χ2n) is 5.30. The normalized spacial score (nSPS) is 28.5. The Kier molecular flexibility index (Phi) is 3.16. The molecule has 1 nitrogen and oxygen atoms in total. The lowest BCUT2D eigenvalue weighted by Gasteiger charge is -2.29. The molecule has 0 bridgehead atoms. The molecule has 0 N–H and O–H groups in total. The van der Waals surface area contributed by atoms with Crippen LogP contribution >= 0.6 is 0 Å². The molecule has 1 saturated heterocycles. The van der Waals surface area contributed by atoms with Crippen LogP contribution in [0.25, 0.3) is 0 Å². The van der Waals surface area contributed by atoms with Crippen LogP contribution in [-0.4, -0.2) is 25.0 Å². The van der Waals surface area contributed by atoms with Crippen molar-refractivity contribution in [2.75, 3.05) is 20.1 Å². The Bertz CT molecular complexity index is 134. The van der Waals surface area contributed by atoms with E-state index >= 15 is 0 Å². The Morgan fingerprint density at radius 2 is 1.75 bits per heavy atom. The first-order valence-corrected chi connectivity index (χ1v) is 5.18. The van der Waals surface area contributed by atoms with Crippen LogP contribution in [0.15, 0.2) is 0 Å². The molecule has 72 valence electrons. The van der Waals surface area contributed by atoms with Gasteiger partial charge in [0.1, 0.15) is 0 Å². The summed E-state index contributed by atoms with van der Waals surface area (Å²) >= 11 is 0. The standard InChI is InChI=1S/C11H23N/c1-11(2,3)10-6-5-8-12(4)9-7-10/h10H,5-9H2,1-4H3. The van der Waals surface area contributed by atoms with Crippen LogP contribution in [0.1, 0.15) is 40.0 Å². The van der Waals surface area contributed by atoms with Crippen molar-refractivity contribution in [3.63, 3.8) is 0 Å². The summed E-state index contributed by atoms with van der Waals surface area (Å²) in [5, 5.41) is 0. The zero-order valence-corrected chi connectivity index (χ0v) is 9.06. The summed E-state index contributed by atoms with van der Waals surface area (Å²) in [5.41, 5.74) is 0.519. The maximum absolute atomic E-state index is 2.46. The van der Waals surface area contributed by atoms with Gasteiger partial charge in [0, 0.05) is 0 Å². The third-order valence-electron chi connectivity index (χ3n) is 3.18. The number of likely N-dealkylation sites (tertiary alicyclic amines) is 1. The second-order valence-corrected chi connectivity index (χ2v) is 5.30. The highest BCUT2D eigenvalue weighted by Crippen LogP contribution is 2.33. The molecule has 0 aromatic heterocycles. The third kappa shape index (κ3) is 2.78. The molecule has 1 heterocycles. The van der Waals surface area contributed by atoms with Gasteiger partial charge in [-0.15, -0.1) is 0 Å². The maximum Gasteiger partial charge on any atom is -0.00189 e. The summed E-state index contributed by atoms with van der Waals surface area (Å²) in [5.74, 6) is 0.933. The molecule has 1 unspecified atom stereocenters. The smallest absolute Gasteiger partial charge is 0.00189 e. The summed E-state index contributed by atoms with van der Waals surface area (Å²) in [6, 6.07) is 0. The van der Waals surface area contributed by atoms with E-state index in [0.717, 1.165) is 5.92 Å². The molecule has 0 amide bonds. The van der Waals surface area contributed by atoms with E-state index in [1.54, 1.807) is 0 Å². The molecule has 1 atom stereocenters. The summed E-state index contributed by atoms with van der Waals surface area (Å²) in [6.07, 6.45) is 4.20. The van der Waals surface area contributed by atoms with Gasteiger partial charge in [-0.25, -0.2) is 0 Å². The SMILES string of the molecule is CN1CCCC(C(C)(C)C)CC1. The maximum atomic E-state index is 2.46. The number of hydrogen-bond donors (Lipinski definition) is 0. The lowest BCUT2D eigenvalue weighted by molar-refractivity contribution is 0.213. The molecular weight excluding hydrogens is 146 g/mol. The highest BCUT2D eigenvalue weighted by atomic mass is 15.1. The van der Waals surface area contributed by atoms with Crippen molar-refractivity contribution in [3.8, 4) is 0 Å². The molecular formula is C11H23N. The zero-order chi connectivity index (χ0) is 9.19. The second kappa shape index (κ2) is 3.78. The Morgan fingerprint density at radius 1 is 1.08 bits per heavy atom. The Hall–Kier alpha value is -0.0400. The first-order valence-electron chi connectivity index (χ1n) is 5.18. The number of hydrogen-bond acceptors (Lipinski definition) is 1. The topological polar surface area (TPSA) is 3.24 Å². The Balaban J connectivity index is 2.46. The van der Waals surface area contributed by atoms with Gasteiger partial charge in [-0.3, -0.25) is 0 Å². The molecule has 0 aliphatic carbocycles. The molecule has 0 aromatic rings. The van der Waals surface area contributed by atoms with Gasteiger partial charge in [-0.05, 0) is 50.7 Å². The van der Waals surface area contributed by atoms with Crippen molar-refractivity contribution in [2.24, 2.45) is 11.3 Å². The van der Waals surface area contributed by atoms with Gasteiger partial charge in [0.2, 0.25) is 0 Å². The van der Waals surface area contributed by atoms with E-state index < -0.39 is 0 Å². The average molecular weight is 169 g/mol. The summed E-state index contributed by atoms with van der Waals surface area (Å²) in [4.78, 5) is 2.46. The molecule has 12 heavy (non-hydrogen) atoms. The average Bonchev–Trinajstić information content (AvgIpc) is 2.11. The van der Waals surface area contributed by atoms with Crippen LogP contribution in [0.2, 0.25) is 0 Å². The molecule has 0 spiro atoms. The van der Waals surface area contributed by atoms with Crippen molar-refractivity contribution in [1.29, 1.82) is 0 Å². The van der Waals surface area contributed by atoms with E-state index in [1.165, 1.54) is 32.4 Å². The van der Waals surface area contributed by atoms with E-state index in [1.807, 2.05) is 0 Å². The van der Waals surface area contributed by atoms with Crippen molar-refractivity contribution < 1.29 is 0 Å². The fourth-order valence-corrected chi connectivity index (χ4v) is 2.11. The van der Waals surface area contributed by atoms with E-state index in [0.29, 0.717) is 5.41 Å². The lowest BCUT2D eigenvalue weighted by atomic mass is 9.77. The van der Waals surface area contributed by atoms with Crippen molar-refractivity contribution in [3.05, 3.63) is 0 Å². The van der Waals surface area contributed by atoms with Crippen LogP contribution in [0.4, 0.5) is 0 Å². The van der Waals surface area contributed by atoms with E-state index in [-0.39, 0.29) is 0 Å². The molecule has 1 aliphatic rings. The van der Waals surface area contributed by atoms with Crippen LogP contribution in [0, 0.1) is 11.3 Å². The fraction of sp³-hybridized carbons (Fsp3) is 1.00. The van der Waals surface area contributed by atoms with E-state index in [9.17, 15) is 0 Å². The highest BCUT2D eigenvalue weighted by Gasteiger charge is 2.25. The van der Waals surface area contributed by atoms with Gasteiger partial charge in [-0.2, -0.15) is 0 Å². The summed E-state index contributed by atoms with van der Waals surface area (Å²) in [7, 11) is 2.24. The molecule has 1 aliphatic heterocycles. The molecule has 1 fully saturated rings. The Labute approximate surface area is 77.1 Å². The minimum absolute atomic E-state index is 0.519. The van der Waals surface area contributed by atoms with E-state index in [4.69, 9.17) is 0 Å². The monoisotopic (exact) mass is 169 g/mol. The minimum Gasteiger partial charge on any atom is -0.306 e. The largest absolute Gasteiger partial charge is 0.306 e. The van der Waals surface area contributed by atoms with Crippen LogP contribution in [0.5, 0.6) is 0 Å². The lowest BCUT2D eigenvalue weighted by Crippen LogP contribution is -2.23. The van der Waals surface area contributed by atoms with Gasteiger partial charge >= 0.3 is 0 Å². The summed E-state index contributed by atoms with van der Waals surface area (Å²) < 4.78 is 0. The van der Waals surface area contributed by atoms with Crippen molar-refractivity contribution >= 4 is 0 Å². The number of nitrogens with zero attached hydrogens (tertiary/aromatic N) is 1. The highest BCUT2D eigenvalue weighted by molar-refractivity contribution is 4.77. The predicted molar refractivity (Wildman–Crippen MR) is 54.3 cm³/mol. The Morgan fingerprint density at radius 3 is 2.33 bits per heavy atom. The van der Waals surface area contributed by atoms with Gasteiger partial charge in [0.05, 0.1) is 0 Å². The third-order valence-corrected chi connectivity index (χ3v) is 3.18. The fourth-order valence-electron chi connectivity index (χ4n) is 2.11. The quantitative estimate of drug-likeness (QED) is 0.539. The van der Waals surface area contributed by atoms with Gasteiger partial charge < -0.3 is 4.90 Å². The van der Waals surface area contributed by atoms with Crippen LogP contribution in [-0.2, 0) is 0 Å². The van der Waals surface area contributed by atoms with Crippen LogP contribution in [0.3, 0.4) is 0 Å². The molecule has 0 saturated carbocycles.